The highest BCUT2D eigenvalue weighted by Gasteiger charge is 2.47. The Labute approximate surface area is 174 Å². The minimum Gasteiger partial charge on any atom is -0.493 e. The van der Waals surface area contributed by atoms with Gasteiger partial charge in [0.2, 0.25) is 5.91 Å². The molecule has 2 aliphatic rings. The molecule has 1 aromatic carbocycles. The maximum Gasteiger partial charge on any atom is 0.338 e. The highest BCUT2D eigenvalue weighted by Crippen LogP contribution is 2.45. The SMILES string of the molecule is C=CCOc1ccc(C2C(C(=O)OC)=C(C)N=C3SC(CC)C(=O)N32)cc1OC. The number of hydrogen-bond donors (Lipinski definition) is 0. The molecule has 1 aromatic rings. The van der Waals surface area contributed by atoms with Crippen LogP contribution in [0.15, 0.2) is 47.1 Å². The third-order valence-corrected chi connectivity index (χ3v) is 6.11. The zero-order valence-corrected chi connectivity index (χ0v) is 17.7. The molecule has 0 aromatic heterocycles. The lowest BCUT2D eigenvalue weighted by atomic mass is 9.94. The summed E-state index contributed by atoms with van der Waals surface area (Å²) in [5, 5.41) is 0.376. The normalized spacial score (nSPS) is 20.9. The molecule has 0 spiro atoms. The lowest BCUT2D eigenvalue weighted by molar-refractivity contribution is -0.137. The first-order valence-electron chi connectivity index (χ1n) is 9.25. The van der Waals surface area contributed by atoms with Crippen LogP contribution in [0.2, 0.25) is 0 Å². The molecule has 1 amide bonds. The van der Waals surface area contributed by atoms with Crippen molar-refractivity contribution in [3.63, 3.8) is 0 Å². The van der Waals surface area contributed by atoms with Crippen molar-refractivity contribution in [3.05, 3.63) is 47.7 Å². The van der Waals surface area contributed by atoms with E-state index in [-0.39, 0.29) is 11.2 Å². The number of fused-ring (bicyclic) bond motifs is 1. The van der Waals surface area contributed by atoms with Gasteiger partial charge in [0.1, 0.15) is 6.61 Å². The fourth-order valence-corrected chi connectivity index (χ4v) is 4.53. The summed E-state index contributed by atoms with van der Waals surface area (Å²) in [4.78, 5) is 31.8. The van der Waals surface area contributed by atoms with Gasteiger partial charge in [-0.1, -0.05) is 37.4 Å². The van der Waals surface area contributed by atoms with E-state index in [9.17, 15) is 9.59 Å². The molecule has 0 saturated carbocycles. The molecule has 0 bridgehead atoms. The summed E-state index contributed by atoms with van der Waals surface area (Å²) in [5.74, 6) is 0.469. The fourth-order valence-electron chi connectivity index (χ4n) is 3.40. The van der Waals surface area contributed by atoms with E-state index in [0.29, 0.717) is 46.5 Å². The largest absolute Gasteiger partial charge is 0.493 e. The number of amidine groups is 1. The predicted octanol–water partition coefficient (Wildman–Crippen LogP) is 3.47. The van der Waals surface area contributed by atoms with Crippen LogP contribution in [0.3, 0.4) is 0 Å². The van der Waals surface area contributed by atoms with Gasteiger partial charge in [-0.3, -0.25) is 9.69 Å². The fraction of sp³-hybridized carbons (Fsp3) is 0.381. The number of methoxy groups -OCH3 is 2. The van der Waals surface area contributed by atoms with Crippen molar-refractivity contribution in [1.29, 1.82) is 0 Å². The van der Waals surface area contributed by atoms with Gasteiger partial charge < -0.3 is 14.2 Å². The van der Waals surface area contributed by atoms with Gasteiger partial charge in [0.05, 0.1) is 36.8 Å². The van der Waals surface area contributed by atoms with E-state index in [1.165, 1.54) is 18.9 Å². The number of rotatable bonds is 7. The summed E-state index contributed by atoms with van der Waals surface area (Å²) >= 11 is 1.42. The molecular formula is C21H24N2O5S. The molecule has 29 heavy (non-hydrogen) atoms. The molecule has 8 heteroatoms. The number of allylic oxidation sites excluding steroid dienone is 1. The number of benzene rings is 1. The first-order valence-corrected chi connectivity index (χ1v) is 10.1. The van der Waals surface area contributed by atoms with Crippen LogP contribution >= 0.6 is 11.8 Å². The third-order valence-electron chi connectivity index (χ3n) is 4.79. The lowest BCUT2D eigenvalue weighted by Gasteiger charge is -2.33. The lowest BCUT2D eigenvalue weighted by Crippen LogP contribution is -2.40. The molecule has 3 rings (SSSR count). The molecule has 7 nitrogen and oxygen atoms in total. The Morgan fingerprint density at radius 1 is 1.34 bits per heavy atom. The van der Waals surface area contributed by atoms with E-state index < -0.39 is 12.0 Å². The molecule has 0 N–H and O–H groups in total. The molecule has 2 aliphatic heterocycles. The second kappa shape index (κ2) is 8.73. The highest BCUT2D eigenvalue weighted by atomic mass is 32.2. The Balaban J connectivity index is 2.12. The summed E-state index contributed by atoms with van der Waals surface area (Å²) in [6.07, 6.45) is 2.32. The Hall–Kier alpha value is -2.74. The molecule has 2 heterocycles. The number of carbonyl (C=O) groups excluding carboxylic acids is 2. The minimum absolute atomic E-state index is 0.0684. The smallest absolute Gasteiger partial charge is 0.338 e. The van der Waals surface area contributed by atoms with Crippen molar-refractivity contribution in [2.45, 2.75) is 31.6 Å². The van der Waals surface area contributed by atoms with E-state index in [1.807, 2.05) is 13.0 Å². The summed E-state index contributed by atoms with van der Waals surface area (Å²) in [6, 6.07) is 4.72. The van der Waals surface area contributed by atoms with Gasteiger partial charge >= 0.3 is 5.97 Å². The van der Waals surface area contributed by atoms with Crippen LogP contribution < -0.4 is 9.47 Å². The van der Waals surface area contributed by atoms with Gasteiger partial charge in [-0.05, 0) is 31.0 Å². The van der Waals surface area contributed by atoms with Crippen LogP contribution in [0.25, 0.3) is 0 Å². The number of carbonyl (C=O) groups is 2. The molecular weight excluding hydrogens is 392 g/mol. The van der Waals surface area contributed by atoms with Gasteiger partial charge in [0, 0.05) is 0 Å². The Bertz CT molecular complexity index is 908. The number of esters is 1. The number of ether oxygens (including phenoxy) is 3. The van der Waals surface area contributed by atoms with Gasteiger partial charge in [-0.25, -0.2) is 9.79 Å². The Kier molecular flexibility index (Phi) is 6.32. The molecule has 0 aliphatic carbocycles. The van der Waals surface area contributed by atoms with E-state index in [1.54, 1.807) is 37.1 Å². The van der Waals surface area contributed by atoms with E-state index in [0.717, 1.165) is 0 Å². The van der Waals surface area contributed by atoms with Gasteiger partial charge in [-0.15, -0.1) is 0 Å². The highest BCUT2D eigenvalue weighted by molar-refractivity contribution is 8.15. The van der Waals surface area contributed by atoms with Crippen LogP contribution in [0.4, 0.5) is 0 Å². The molecule has 154 valence electrons. The van der Waals surface area contributed by atoms with Crippen molar-refractivity contribution >= 4 is 28.8 Å². The van der Waals surface area contributed by atoms with Crippen LogP contribution in [0.1, 0.15) is 31.9 Å². The minimum atomic E-state index is -0.645. The Morgan fingerprint density at radius 2 is 2.10 bits per heavy atom. The summed E-state index contributed by atoms with van der Waals surface area (Å²) in [7, 11) is 2.86. The van der Waals surface area contributed by atoms with Gasteiger partial charge in [-0.2, -0.15) is 0 Å². The molecule has 2 atom stereocenters. The topological polar surface area (TPSA) is 77.4 Å². The van der Waals surface area contributed by atoms with Gasteiger partial charge in [0.15, 0.2) is 16.7 Å². The van der Waals surface area contributed by atoms with Crippen molar-refractivity contribution in [2.75, 3.05) is 20.8 Å². The summed E-state index contributed by atoms with van der Waals surface area (Å²) < 4.78 is 16.1. The number of thioether (sulfide) groups is 1. The zero-order valence-electron chi connectivity index (χ0n) is 16.9. The average molecular weight is 416 g/mol. The van der Waals surface area contributed by atoms with Crippen LogP contribution in [-0.4, -0.2) is 48.0 Å². The van der Waals surface area contributed by atoms with Crippen molar-refractivity contribution in [1.82, 2.24) is 4.90 Å². The monoisotopic (exact) mass is 416 g/mol. The maximum atomic E-state index is 13.1. The number of hydrogen-bond acceptors (Lipinski definition) is 7. The average Bonchev–Trinajstić information content (AvgIpc) is 3.05. The second-order valence-electron chi connectivity index (χ2n) is 6.52. The standard InChI is InChI=1S/C21H24N2O5S/c1-6-10-28-14-9-8-13(11-15(14)26-4)18-17(20(25)27-5)12(3)22-21-23(18)19(24)16(7-2)29-21/h6,8-9,11,16,18H,1,7,10H2,2-5H3. The second-order valence-corrected chi connectivity index (χ2v) is 7.69. The third kappa shape index (κ3) is 3.76. The van der Waals surface area contributed by atoms with Crippen LogP contribution in [0.5, 0.6) is 11.5 Å². The number of nitrogens with zero attached hydrogens (tertiary/aromatic N) is 2. The van der Waals surface area contributed by atoms with Crippen LogP contribution in [-0.2, 0) is 14.3 Å². The zero-order chi connectivity index (χ0) is 21.1. The van der Waals surface area contributed by atoms with Gasteiger partial charge in [0.25, 0.3) is 0 Å². The summed E-state index contributed by atoms with van der Waals surface area (Å²) in [6.45, 7) is 7.70. The van der Waals surface area contributed by atoms with E-state index >= 15 is 0 Å². The molecule has 2 unspecified atom stereocenters. The molecule has 0 radical (unpaired) electrons. The van der Waals surface area contributed by atoms with Crippen molar-refractivity contribution in [3.8, 4) is 11.5 Å². The number of aliphatic imine (C=N–C) groups is 1. The van der Waals surface area contributed by atoms with Crippen LogP contribution in [0, 0.1) is 0 Å². The Morgan fingerprint density at radius 3 is 2.72 bits per heavy atom. The quantitative estimate of drug-likeness (QED) is 0.500. The molecule has 1 saturated heterocycles. The maximum absolute atomic E-state index is 13.1. The predicted molar refractivity (Wildman–Crippen MR) is 112 cm³/mol. The first kappa shape index (κ1) is 21.0. The van der Waals surface area contributed by atoms with Crippen molar-refractivity contribution < 1.29 is 23.8 Å². The number of amides is 1. The van der Waals surface area contributed by atoms with E-state index in [2.05, 4.69) is 11.6 Å². The van der Waals surface area contributed by atoms with E-state index in [4.69, 9.17) is 14.2 Å². The first-order chi connectivity index (χ1) is 14.0. The summed E-state index contributed by atoms with van der Waals surface area (Å²) in [5.41, 5.74) is 1.59. The van der Waals surface area contributed by atoms with Crippen molar-refractivity contribution in [2.24, 2.45) is 4.99 Å². The molecule has 1 fully saturated rings.